The molecule has 0 aliphatic carbocycles. The van der Waals surface area contributed by atoms with E-state index < -0.39 is 17.1 Å². The molecule has 0 bridgehead atoms. The lowest BCUT2D eigenvalue weighted by Crippen LogP contribution is -2.36. The summed E-state index contributed by atoms with van der Waals surface area (Å²) in [5.41, 5.74) is 2.07. The summed E-state index contributed by atoms with van der Waals surface area (Å²) in [5.74, 6) is -0.728. The number of para-hydroxylation sites is 1. The molecule has 1 heterocycles. The quantitative estimate of drug-likeness (QED) is 0.496. The van der Waals surface area contributed by atoms with Crippen molar-refractivity contribution in [1.82, 2.24) is 4.90 Å². The molecule has 8 heteroatoms. The number of hydrogen-bond donors (Lipinski definition) is 1. The first-order valence-electron chi connectivity index (χ1n) is 10.1. The topological polar surface area (TPSA) is 75.7 Å². The number of benzene rings is 3. The second kappa shape index (κ2) is 10.1. The van der Waals surface area contributed by atoms with E-state index in [1.165, 1.54) is 12.1 Å². The minimum absolute atomic E-state index is 0.225. The summed E-state index contributed by atoms with van der Waals surface area (Å²) in [6.07, 6.45) is 1.59. The molecule has 1 aliphatic rings. The van der Waals surface area contributed by atoms with E-state index in [0.29, 0.717) is 17.0 Å². The molecule has 1 N–H and O–H groups in total. The predicted octanol–water partition coefficient (Wildman–Crippen LogP) is 5.08. The van der Waals surface area contributed by atoms with Crippen LogP contribution in [0.25, 0.3) is 6.08 Å². The maximum Gasteiger partial charge on any atom is 0.294 e. The zero-order valence-electron chi connectivity index (χ0n) is 17.4. The minimum Gasteiger partial charge on any atom is -0.489 e. The summed E-state index contributed by atoms with van der Waals surface area (Å²) in [7, 11) is 0. The normalized spacial score (nSPS) is 14.6. The van der Waals surface area contributed by atoms with Crippen LogP contribution in [-0.2, 0) is 16.2 Å². The number of nitrogens with zero attached hydrogens (tertiary/aromatic N) is 1. The van der Waals surface area contributed by atoms with E-state index >= 15 is 0 Å². The highest BCUT2D eigenvalue weighted by molar-refractivity contribution is 8.18. The fourth-order valence-electron chi connectivity index (χ4n) is 3.09. The highest BCUT2D eigenvalue weighted by Gasteiger charge is 2.36. The van der Waals surface area contributed by atoms with Crippen molar-refractivity contribution in [1.29, 1.82) is 0 Å². The van der Waals surface area contributed by atoms with Gasteiger partial charge in [-0.15, -0.1) is 0 Å². The largest absolute Gasteiger partial charge is 0.489 e. The molecule has 6 nitrogen and oxygen atoms in total. The number of imide groups is 1. The standard InChI is InChI=1S/C25H19FN2O4S/c26-19-11-9-17(10-12-19)16-32-21-8-4-5-18(13-21)14-22-24(30)28(25(31)33-22)15-23(29)27-20-6-2-1-3-7-20/h1-14H,15-16H2,(H,27,29)/b22-14-. The monoisotopic (exact) mass is 462 g/mol. The molecule has 33 heavy (non-hydrogen) atoms. The lowest BCUT2D eigenvalue weighted by atomic mass is 10.2. The number of amides is 3. The van der Waals surface area contributed by atoms with E-state index in [1.54, 1.807) is 66.7 Å². The number of carbonyl (C=O) groups is 3. The van der Waals surface area contributed by atoms with Crippen LogP contribution in [0, 0.1) is 5.82 Å². The van der Waals surface area contributed by atoms with Crippen molar-refractivity contribution in [2.45, 2.75) is 6.61 Å². The van der Waals surface area contributed by atoms with Crippen LogP contribution < -0.4 is 10.1 Å². The van der Waals surface area contributed by atoms with Crippen molar-refractivity contribution < 1.29 is 23.5 Å². The van der Waals surface area contributed by atoms with Crippen LogP contribution in [0.4, 0.5) is 14.9 Å². The van der Waals surface area contributed by atoms with Gasteiger partial charge in [-0.25, -0.2) is 4.39 Å². The van der Waals surface area contributed by atoms with Gasteiger partial charge in [-0.2, -0.15) is 0 Å². The Balaban J connectivity index is 1.40. The van der Waals surface area contributed by atoms with Crippen LogP contribution in [0.15, 0.2) is 83.8 Å². The van der Waals surface area contributed by atoms with Crippen LogP contribution in [0.2, 0.25) is 0 Å². The van der Waals surface area contributed by atoms with E-state index in [0.717, 1.165) is 22.2 Å². The molecule has 1 fully saturated rings. The van der Waals surface area contributed by atoms with Crippen molar-refractivity contribution in [2.75, 3.05) is 11.9 Å². The van der Waals surface area contributed by atoms with Gasteiger partial charge < -0.3 is 10.1 Å². The zero-order chi connectivity index (χ0) is 23.2. The van der Waals surface area contributed by atoms with Gasteiger partial charge in [0.25, 0.3) is 11.1 Å². The molecule has 166 valence electrons. The average molecular weight is 463 g/mol. The van der Waals surface area contributed by atoms with Crippen LogP contribution in [0.1, 0.15) is 11.1 Å². The molecule has 0 radical (unpaired) electrons. The Labute approximate surface area is 194 Å². The van der Waals surface area contributed by atoms with Gasteiger partial charge in [-0.05, 0) is 65.4 Å². The first-order chi connectivity index (χ1) is 16.0. The van der Waals surface area contributed by atoms with Crippen molar-refractivity contribution >= 4 is 40.6 Å². The third-order valence-electron chi connectivity index (χ3n) is 4.71. The fraction of sp³-hybridized carbons (Fsp3) is 0.0800. The van der Waals surface area contributed by atoms with E-state index in [2.05, 4.69) is 5.32 Å². The smallest absolute Gasteiger partial charge is 0.294 e. The molecule has 0 atom stereocenters. The third-order valence-corrected chi connectivity index (χ3v) is 5.61. The Kier molecular flexibility index (Phi) is 6.85. The molecule has 0 aromatic heterocycles. The molecule has 3 aromatic carbocycles. The van der Waals surface area contributed by atoms with Crippen LogP contribution in [0.5, 0.6) is 5.75 Å². The van der Waals surface area contributed by atoms with Crippen LogP contribution in [0.3, 0.4) is 0 Å². The summed E-state index contributed by atoms with van der Waals surface area (Å²) in [6, 6.07) is 21.9. The number of carbonyl (C=O) groups excluding carboxylic acids is 3. The Morgan fingerprint density at radius 3 is 2.52 bits per heavy atom. The molecular formula is C25H19FN2O4S. The van der Waals surface area contributed by atoms with Crippen molar-refractivity contribution in [3.63, 3.8) is 0 Å². The lowest BCUT2D eigenvalue weighted by Gasteiger charge is -2.12. The number of rotatable bonds is 7. The van der Waals surface area contributed by atoms with Gasteiger partial charge in [0.05, 0.1) is 4.91 Å². The predicted molar refractivity (Wildman–Crippen MR) is 125 cm³/mol. The summed E-state index contributed by atoms with van der Waals surface area (Å²) in [4.78, 5) is 38.4. The number of hydrogen-bond acceptors (Lipinski definition) is 5. The summed E-state index contributed by atoms with van der Waals surface area (Å²) < 4.78 is 18.8. The van der Waals surface area contributed by atoms with E-state index in [9.17, 15) is 18.8 Å². The van der Waals surface area contributed by atoms with E-state index in [1.807, 2.05) is 6.07 Å². The molecule has 3 aromatic rings. The van der Waals surface area contributed by atoms with Gasteiger partial charge in [-0.3, -0.25) is 19.3 Å². The maximum atomic E-state index is 13.0. The number of ether oxygens (including phenoxy) is 1. The molecule has 0 spiro atoms. The van der Waals surface area contributed by atoms with Crippen LogP contribution >= 0.6 is 11.8 Å². The first kappa shape index (κ1) is 22.3. The second-order valence-corrected chi connectivity index (χ2v) is 8.16. The Bertz CT molecular complexity index is 1210. The second-order valence-electron chi connectivity index (χ2n) is 7.17. The van der Waals surface area contributed by atoms with Gasteiger partial charge in [-0.1, -0.05) is 42.5 Å². The number of halogens is 1. The van der Waals surface area contributed by atoms with Gasteiger partial charge in [0.15, 0.2) is 0 Å². The number of anilines is 1. The lowest BCUT2D eigenvalue weighted by molar-refractivity contribution is -0.127. The van der Waals surface area contributed by atoms with Gasteiger partial charge >= 0.3 is 0 Å². The highest BCUT2D eigenvalue weighted by Crippen LogP contribution is 2.32. The van der Waals surface area contributed by atoms with Crippen molar-refractivity contribution in [3.05, 3.63) is 101 Å². The van der Waals surface area contributed by atoms with Crippen molar-refractivity contribution in [3.8, 4) is 5.75 Å². The maximum absolute atomic E-state index is 13.0. The van der Waals surface area contributed by atoms with Crippen molar-refractivity contribution in [2.24, 2.45) is 0 Å². The van der Waals surface area contributed by atoms with Crippen LogP contribution in [-0.4, -0.2) is 28.5 Å². The fourth-order valence-corrected chi connectivity index (χ4v) is 3.93. The third kappa shape index (κ3) is 5.87. The average Bonchev–Trinajstić information content (AvgIpc) is 3.07. The molecule has 0 saturated carbocycles. The Hall–Kier alpha value is -3.91. The molecule has 1 saturated heterocycles. The summed E-state index contributed by atoms with van der Waals surface area (Å²) >= 11 is 0.785. The molecular weight excluding hydrogens is 443 g/mol. The minimum atomic E-state index is -0.522. The Morgan fingerprint density at radius 1 is 1.00 bits per heavy atom. The summed E-state index contributed by atoms with van der Waals surface area (Å²) in [6.45, 7) is -0.103. The Morgan fingerprint density at radius 2 is 1.76 bits per heavy atom. The molecule has 0 unspecified atom stereocenters. The number of thioether (sulfide) groups is 1. The van der Waals surface area contributed by atoms with E-state index in [-0.39, 0.29) is 23.9 Å². The molecule has 3 amide bonds. The SMILES string of the molecule is O=C(CN1C(=O)S/C(=C\c2cccc(OCc3ccc(F)cc3)c2)C1=O)Nc1ccccc1. The highest BCUT2D eigenvalue weighted by atomic mass is 32.2. The molecule has 1 aliphatic heterocycles. The summed E-state index contributed by atoms with van der Waals surface area (Å²) in [5, 5.41) is 2.16. The molecule has 4 rings (SSSR count). The number of nitrogens with one attached hydrogen (secondary N) is 1. The van der Waals surface area contributed by atoms with E-state index in [4.69, 9.17) is 4.74 Å². The van der Waals surface area contributed by atoms with Gasteiger partial charge in [0.2, 0.25) is 5.91 Å². The zero-order valence-corrected chi connectivity index (χ0v) is 18.2. The van der Waals surface area contributed by atoms with Gasteiger partial charge in [0.1, 0.15) is 24.7 Å². The first-order valence-corrected chi connectivity index (χ1v) is 10.9. The van der Waals surface area contributed by atoms with Gasteiger partial charge in [0, 0.05) is 5.69 Å².